The van der Waals surface area contributed by atoms with Gasteiger partial charge < -0.3 is 9.47 Å². The molecule has 0 saturated carbocycles. The Morgan fingerprint density at radius 1 is 1.13 bits per heavy atom. The molecular weight excluding hydrogens is 436 g/mol. The lowest BCUT2D eigenvalue weighted by Gasteiger charge is -2.15. The van der Waals surface area contributed by atoms with Crippen LogP contribution in [0.2, 0.25) is 0 Å². The molecule has 2 heterocycles. The van der Waals surface area contributed by atoms with Crippen molar-refractivity contribution >= 4 is 27.3 Å². The SMILES string of the molecule is COc1cccc(-c2nc(COC(=O)c3cccc(S(=O)(=O)N4CCCC4)c3)cs2)c1. The molecule has 0 spiro atoms. The summed E-state index contributed by atoms with van der Waals surface area (Å²) in [4.78, 5) is 17.1. The van der Waals surface area contributed by atoms with Crippen molar-refractivity contribution in [1.29, 1.82) is 0 Å². The van der Waals surface area contributed by atoms with Gasteiger partial charge in [-0.1, -0.05) is 18.2 Å². The van der Waals surface area contributed by atoms with Gasteiger partial charge >= 0.3 is 5.97 Å². The summed E-state index contributed by atoms with van der Waals surface area (Å²) in [5.41, 5.74) is 1.74. The van der Waals surface area contributed by atoms with E-state index in [4.69, 9.17) is 9.47 Å². The van der Waals surface area contributed by atoms with Gasteiger partial charge in [0.2, 0.25) is 10.0 Å². The summed E-state index contributed by atoms with van der Waals surface area (Å²) < 4.78 is 37.5. The predicted octanol–water partition coefficient (Wildman–Crippen LogP) is 3.96. The first-order valence-corrected chi connectivity index (χ1v) is 12.2. The normalized spacial score (nSPS) is 14.5. The number of carbonyl (C=O) groups excluding carboxylic acids is 1. The maximum absolute atomic E-state index is 12.7. The zero-order chi connectivity index (χ0) is 21.8. The largest absolute Gasteiger partial charge is 0.497 e. The van der Waals surface area contributed by atoms with Crippen LogP contribution in [0, 0.1) is 0 Å². The number of benzene rings is 2. The highest BCUT2D eigenvalue weighted by molar-refractivity contribution is 7.89. The standard InChI is InChI=1S/C22H22N2O5S2/c1-28-19-8-4-6-16(12-19)21-23-18(15-30-21)14-29-22(25)17-7-5-9-20(13-17)31(26,27)24-10-2-3-11-24/h4-9,12-13,15H,2-3,10-11,14H2,1H3. The van der Waals surface area contributed by atoms with Gasteiger partial charge in [0.15, 0.2) is 0 Å². The molecule has 7 nitrogen and oxygen atoms in total. The second kappa shape index (κ2) is 9.17. The van der Waals surface area contributed by atoms with E-state index < -0.39 is 16.0 Å². The Bertz CT molecular complexity index is 1180. The molecule has 0 N–H and O–H groups in total. The van der Waals surface area contributed by atoms with E-state index in [1.54, 1.807) is 19.2 Å². The molecule has 1 saturated heterocycles. The third kappa shape index (κ3) is 4.79. The van der Waals surface area contributed by atoms with Crippen molar-refractivity contribution in [2.24, 2.45) is 0 Å². The van der Waals surface area contributed by atoms with Crippen molar-refractivity contribution in [2.45, 2.75) is 24.3 Å². The molecule has 0 bridgehead atoms. The van der Waals surface area contributed by atoms with E-state index in [0.29, 0.717) is 18.8 Å². The van der Waals surface area contributed by atoms with Gasteiger partial charge in [0.1, 0.15) is 17.4 Å². The quantitative estimate of drug-likeness (QED) is 0.498. The van der Waals surface area contributed by atoms with Crippen molar-refractivity contribution in [2.75, 3.05) is 20.2 Å². The molecule has 2 aromatic carbocycles. The van der Waals surface area contributed by atoms with Gasteiger partial charge in [-0.2, -0.15) is 4.31 Å². The molecule has 1 aliphatic rings. The van der Waals surface area contributed by atoms with E-state index in [-0.39, 0.29) is 17.1 Å². The first-order valence-electron chi connectivity index (χ1n) is 9.83. The van der Waals surface area contributed by atoms with Crippen molar-refractivity contribution in [3.63, 3.8) is 0 Å². The van der Waals surface area contributed by atoms with Gasteiger partial charge in [0.05, 0.1) is 23.3 Å². The van der Waals surface area contributed by atoms with E-state index in [1.165, 1.54) is 27.8 Å². The second-order valence-corrected chi connectivity index (χ2v) is 9.89. The van der Waals surface area contributed by atoms with E-state index in [1.807, 2.05) is 29.6 Å². The first kappa shape index (κ1) is 21.5. The van der Waals surface area contributed by atoms with Crippen LogP contribution < -0.4 is 4.74 Å². The maximum atomic E-state index is 12.7. The van der Waals surface area contributed by atoms with Gasteiger partial charge in [0.25, 0.3) is 0 Å². The van der Waals surface area contributed by atoms with Crippen LogP contribution in [0.25, 0.3) is 10.6 Å². The molecule has 162 valence electrons. The van der Waals surface area contributed by atoms with Crippen LogP contribution in [-0.4, -0.2) is 43.9 Å². The molecule has 3 aromatic rings. The maximum Gasteiger partial charge on any atom is 0.338 e. The van der Waals surface area contributed by atoms with Gasteiger partial charge in [0, 0.05) is 24.0 Å². The number of aromatic nitrogens is 1. The fourth-order valence-corrected chi connectivity index (χ4v) is 5.71. The topological polar surface area (TPSA) is 85.8 Å². The molecule has 0 radical (unpaired) electrons. The van der Waals surface area contributed by atoms with Crippen LogP contribution in [0.5, 0.6) is 5.75 Å². The fraction of sp³-hybridized carbons (Fsp3) is 0.273. The summed E-state index contributed by atoms with van der Waals surface area (Å²) in [6.07, 6.45) is 1.71. The predicted molar refractivity (Wildman–Crippen MR) is 118 cm³/mol. The molecule has 9 heteroatoms. The Morgan fingerprint density at radius 2 is 1.90 bits per heavy atom. The Morgan fingerprint density at radius 3 is 2.68 bits per heavy atom. The molecule has 1 aliphatic heterocycles. The van der Waals surface area contributed by atoms with Gasteiger partial charge in [-0.15, -0.1) is 11.3 Å². The molecule has 1 aromatic heterocycles. The molecule has 31 heavy (non-hydrogen) atoms. The molecule has 1 fully saturated rings. The molecule has 0 atom stereocenters. The minimum Gasteiger partial charge on any atom is -0.497 e. The lowest BCUT2D eigenvalue weighted by atomic mass is 10.2. The molecule has 0 aliphatic carbocycles. The molecular formula is C22H22N2O5S2. The lowest BCUT2D eigenvalue weighted by molar-refractivity contribution is 0.0468. The number of ether oxygens (including phenoxy) is 2. The number of esters is 1. The Hall–Kier alpha value is -2.75. The number of methoxy groups -OCH3 is 1. The number of nitrogens with zero attached hydrogens (tertiary/aromatic N) is 2. The number of thiazole rings is 1. The minimum atomic E-state index is -3.59. The summed E-state index contributed by atoms with van der Waals surface area (Å²) in [5.74, 6) is 0.152. The highest BCUT2D eigenvalue weighted by Gasteiger charge is 2.27. The third-order valence-corrected chi connectivity index (χ3v) is 7.83. The van der Waals surface area contributed by atoms with Crippen molar-refractivity contribution in [1.82, 2.24) is 9.29 Å². The van der Waals surface area contributed by atoms with Crippen LogP contribution >= 0.6 is 11.3 Å². The third-order valence-electron chi connectivity index (χ3n) is 4.99. The number of carbonyl (C=O) groups is 1. The zero-order valence-electron chi connectivity index (χ0n) is 17.0. The average molecular weight is 459 g/mol. The second-order valence-electron chi connectivity index (χ2n) is 7.09. The Kier molecular flexibility index (Phi) is 6.35. The van der Waals surface area contributed by atoms with Gasteiger partial charge in [-0.3, -0.25) is 0 Å². The van der Waals surface area contributed by atoms with E-state index >= 15 is 0 Å². The van der Waals surface area contributed by atoms with E-state index in [2.05, 4.69) is 4.98 Å². The summed E-state index contributed by atoms with van der Waals surface area (Å²) in [5, 5.41) is 2.62. The Labute approximate surface area is 185 Å². The summed E-state index contributed by atoms with van der Waals surface area (Å²) in [6, 6.07) is 13.6. The van der Waals surface area contributed by atoms with Crippen molar-refractivity contribution in [3.8, 4) is 16.3 Å². The van der Waals surface area contributed by atoms with Crippen LogP contribution in [-0.2, 0) is 21.4 Å². The van der Waals surface area contributed by atoms with Gasteiger partial charge in [-0.05, 0) is 43.2 Å². The number of rotatable bonds is 7. The zero-order valence-corrected chi connectivity index (χ0v) is 18.6. The highest BCUT2D eigenvalue weighted by atomic mass is 32.2. The summed E-state index contributed by atoms with van der Waals surface area (Å²) in [6.45, 7) is 1.02. The number of sulfonamides is 1. The average Bonchev–Trinajstić information content (AvgIpc) is 3.50. The molecule has 0 unspecified atom stereocenters. The molecule has 4 rings (SSSR count). The fourth-order valence-electron chi connectivity index (χ4n) is 3.35. The van der Waals surface area contributed by atoms with Crippen LogP contribution in [0.4, 0.5) is 0 Å². The highest BCUT2D eigenvalue weighted by Crippen LogP contribution is 2.27. The van der Waals surface area contributed by atoms with Crippen molar-refractivity contribution < 1.29 is 22.7 Å². The van der Waals surface area contributed by atoms with Gasteiger partial charge in [-0.25, -0.2) is 18.2 Å². The monoisotopic (exact) mass is 458 g/mol. The van der Waals surface area contributed by atoms with Crippen molar-refractivity contribution in [3.05, 3.63) is 65.2 Å². The first-order chi connectivity index (χ1) is 15.0. The minimum absolute atomic E-state index is 0.00239. The summed E-state index contributed by atoms with van der Waals surface area (Å²) >= 11 is 1.45. The number of hydrogen-bond donors (Lipinski definition) is 0. The number of hydrogen-bond acceptors (Lipinski definition) is 7. The van der Waals surface area contributed by atoms with Crippen LogP contribution in [0.15, 0.2) is 58.8 Å². The summed E-state index contributed by atoms with van der Waals surface area (Å²) in [7, 11) is -1.98. The van der Waals surface area contributed by atoms with E-state index in [0.717, 1.165) is 29.2 Å². The van der Waals surface area contributed by atoms with E-state index in [9.17, 15) is 13.2 Å². The lowest BCUT2D eigenvalue weighted by Crippen LogP contribution is -2.28. The molecule has 0 amide bonds. The Balaban J connectivity index is 1.43. The van der Waals surface area contributed by atoms with Crippen LogP contribution in [0.1, 0.15) is 28.9 Å². The van der Waals surface area contributed by atoms with Crippen LogP contribution in [0.3, 0.4) is 0 Å². The smallest absolute Gasteiger partial charge is 0.338 e.